The van der Waals surface area contributed by atoms with Gasteiger partial charge < -0.3 is 20.5 Å². The molecule has 3 N–H and O–H groups in total. The van der Waals surface area contributed by atoms with E-state index < -0.39 is 0 Å². The van der Waals surface area contributed by atoms with Crippen LogP contribution >= 0.6 is 34.0 Å². The normalized spacial score (nSPS) is 10.6. The zero-order chi connectivity index (χ0) is 27.4. The lowest BCUT2D eigenvalue weighted by Gasteiger charge is -2.04. The van der Waals surface area contributed by atoms with E-state index in [1.54, 1.807) is 48.4 Å². The van der Waals surface area contributed by atoms with E-state index in [2.05, 4.69) is 25.0 Å². The summed E-state index contributed by atoms with van der Waals surface area (Å²) in [4.78, 5) is 37.7. The molecule has 9 nitrogen and oxygen atoms in total. The van der Waals surface area contributed by atoms with Crippen molar-refractivity contribution in [1.82, 2.24) is 15.0 Å². The lowest BCUT2D eigenvalue weighted by atomic mass is 10.2. The molecule has 0 aliphatic rings. The van der Waals surface area contributed by atoms with Crippen LogP contribution in [-0.2, 0) is 9.47 Å². The molecule has 6 aromatic heterocycles. The molecule has 0 bridgehead atoms. The van der Waals surface area contributed by atoms with E-state index in [9.17, 15) is 9.59 Å². The van der Waals surface area contributed by atoms with Crippen LogP contribution in [0.2, 0.25) is 0 Å². The number of thiophene rings is 3. The molecule has 0 aromatic carbocycles. The standard InChI is InChI=1S/C18H13N3O2S2.C9H8N2O2S/c1-23-18(22)15-8-11-13(9-19-10-16(11)24-15)21-17-6-5-14(25-17)12-4-2-3-7-20-12;1-13-9(12)7-2-5-6(10)3-11-4-8(5)14-7/h2-10,21H,1H3;2-4H,10H2,1H3. The summed E-state index contributed by atoms with van der Waals surface area (Å²) in [6, 6.07) is 13.5. The molecule has 196 valence electrons. The van der Waals surface area contributed by atoms with E-state index in [1.165, 1.54) is 36.9 Å². The molecular weight excluding hydrogens is 555 g/mol. The number of hydrogen-bond acceptors (Lipinski definition) is 12. The summed E-state index contributed by atoms with van der Waals surface area (Å²) >= 11 is 4.32. The van der Waals surface area contributed by atoms with Crippen LogP contribution in [0.25, 0.3) is 30.7 Å². The van der Waals surface area contributed by atoms with Crippen LogP contribution in [-0.4, -0.2) is 41.1 Å². The summed E-state index contributed by atoms with van der Waals surface area (Å²) < 4.78 is 11.2. The Hall–Kier alpha value is -4.39. The Kier molecular flexibility index (Phi) is 7.77. The van der Waals surface area contributed by atoms with E-state index in [1.807, 2.05) is 36.4 Å². The third-order valence-electron chi connectivity index (χ3n) is 5.48. The molecule has 0 aliphatic heterocycles. The van der Waals surface area contributed by atoms with E-state index in [0.29, 0.717) is 15.4 Å². The number of aromatic nitrogens is 3. The van der Waals surface area contributed by atoms with Crippen molar-refractivity contribution in [3.05, 3.63) is 83.2 Å². The number of nitrogen functional groups attached to an aromatic ring is 1. The Morgan fingerprint density at radius 2 is 1.49 bits per heavy atom. The summed E-state index contributed by atoms with van der Waals surface area (Å²) in [7, 11) is 2.74. The maximum Gasteiger partial charge on any atom is 0.348 e. The lowest BCUT2D eigenvalue weighted by molar-refractivity contribution is 0.0597. The third kappa shape index (κ3) is 5.72. The summed E-state index contributed by atoms with van der Waals surface area (Å²) in [6.07, 6.45) is 8.55. The predicted molar refractivity (Wildman–Crippen MR) is 157 cm³/mol. The second kappa shape index (κ2) is 11.6. The lowest BCUT2D eigenvalue weighted by Crippen LogP contribution is -1.96. The fourth-order valence-corrected chi connectivity index (χ4v) is 6.48. The maximum absolute atomic E-state index is 11.8. The van der Waals surface area contributed by atoms with Gasteiger partial charge in [0.05, 0.1) is 63.0 Å². The van der Waals surface area contributed by atoms with Gasteiger partial charge in [0.15, 0.2) is 0 Å². The Morgan fingerprint density at radius 3 is 2.13 bits per heavy atom. The highest BCUT2D eigenvalue weighted by Crippen LogP contribution is 2.36. The maximum atomic E-state index is 11.8. The van der Waals surface area contributed by atoms with Gasteiger partial charge in [0.1, 0.15) is 9.75 Å². The zero-order valence-electron chi connectivity index (χ0n) is 20.7. The molecule has 0 fully saturated rings. The number of ether oxygens (including phenoxy) is 2. The van der Waals surface area contributed by atoms with Gasteiger partial charge in [-0.15, -0.1) is 34.0 Å². The Balaban J connectivity index is 0.000000186. The molecule has 0 spiro atoms. The van der Waals surface area contributed by atoms with Crippen LogP contribution < -0.4 is 11.1 Å². The van der Waals surface area contributed by atoms with Crippen LogP contribution in [0.15, 0.2) is 73.4 Å². The molecule has 6 heterocycles. The monoisotopic (exact) mass is 575 g/mol. The van der Waals surface area contributed by atoms with Gasteiger partial charge in [-0.25, -0.2) is 9.59 Å². The van der Waals surface area contributed by atoms with E-state index >= 15 is 0 Å². The molecule has 6 aromatic rings. The predicted octanol–water partition coefficient (Wildman–Crippen LogP) is 6.62. The van der Waals surface area contributed by atoms with Crippen LogP contribution in [0.3, 0.4) is 0 Å². The average Bonchev–Trinajstić information content (AvgIpc) is 3.72. The summed E-state index contributed by atoms with van der Waals surface area (Å²) in [6.45, 7) is 0. The van der Waals surface area contributed by atoms with Crippen molar-refractivity contribution in [2.75, 3.05) is 25.3 Å². The molecule has 0 atom stereocenters. The average molecular weight is 576 g/mol. The van der Waals surface area contributed by atoms with Crippen molar-refractivity contribution in [2.24, 2.45) is 0 Å². The van der Waals surface area contributed by atoms with Gasteiger partial charge in [-0.05, 0) is 36.4 Å². The molecule has 6 rings (SSSR count). The summed E-state index contributed by atoms with van der Waals surface area (Å²) in [5, 5.41) is 6.18. The third-order valence-corrected chi connectivity index (χ3v) is 8.60. The van der Waals surface area contributed by atoms with Crippen LogP contribution in [0.4, 0.5) is 16.4 Å². The largest absolute Gasteiger partial charge is 0.465 e. The zero-order valence-corrected chi connectivity index (χ0v) is 23.2. The first kappa shape index (κ1) is 26.2. The number of carbonyl (C=O) groups is 2. The van der Waals surface area contributed by atoms with Crippen LogP contribution in [0.5, 0.6) is 0 Å². The molecule has 0 unspecified atom stereocenters. The minimum absolute atomic E-state index is 0.333. The Bertz CT molecular complexity index is 1780. The first-order valence-corrected chi connectivity index (χ1v) is 13.9. The Labute approximate surface area is 234 Å². The minimum atomic E-state index is -0.342. The van der Waals surface area contributed by atoms with E-state index in [4.69, 9.17) is 10.5 Å². The van der Waals surface area contributed by atoms with Crippen molar-refractivity contribution in [3.8, 4) is 10.6 Å². The molecule has 0 amide bonds. The van der Waals surface area contributed by atoms with Crippen LogP contribution in [0, 0.1) is 0 Å². The van der Waals surface area contributed by atoms with Crippen molar-refractivity contribution < 1.29 is 19.1 Å². The number of pyridine rings is 3. The van der Waals surface area contributed by atoms with Gasteiger partial charge in [0, 0.05) is 29.4 Å². The van der Waals surface area contributed by atoms with Gasteiger partial charge in [0.25, 0.3) is 0 Å². The SMILES string of the molecule is COC(=O)c1cc2c(N)cncc2s1.COC(=O)c1cc2c(Nc3ccc(-c4ccccn4)s3)cncc2s1. The number of hydrogen-bond donors (Lipinski definition) is 2. The highest BCUT2D eigenvalue weighted by molar-refractivity contribution is 7.21. The molecular formula is C27H21N5O4S3. The number of esters is 2. The summed E-state index contributed by atoms with van der Waals surface area (Å²) in [5.74, 6) is -0.675. The van der Waals surface area contributed by atoms with Crippen molar-refractivity contribution in [2.45, 2.75) is 0 Å². The Morgan fingerprint density at radius 1 is 0.821 bits per heavy atom. The summed E-state index contributed by atoms with van der Waals surface area (Å²) in [5.41, 5.74) is 8.09. The first-order chi connectivity index (χ1) is 19.0. The number of nitrogens with one attached hydrogen (secondary N) is 1. The van der Waals surface area contributed by atoms with E-state index in [0.717, 1.165) is 41.4 Å². The second-order valence-electron chi connectivity index (χ2n) is 7.95. The molecule has 0 saturated heterocycles. The second-order valence-corrected chi connectivity index (χ2v) is 11.2. The highest BCUT2D eigenvalue weighted by Gasteiger charge is 2.14. The van der Waals surface area contributed by atoms with E-state index in [-0.39, 0.29) is 11.9 Å². The number of rotatable bonds is 5. The molecule has 0 aliphatic carbocycles. The molecule has 0 saturated carbocycles. The topological polar surface area (TPSA) is 129 Å². The number of fused-ring (bicyclic) bond motifs is 2. The van der Waals surface area contributed by atoms with Gasteiger partial charge in [-0.1, -0.05) is 6.07 Å². The number of anilines is 3. The number of carbonyl (C=O) groups excluding carboxylic acids is 2. The smallest absolute Gasteiger partial charge is 0.348 e. The van der Waals surface area contributed by atoms with Gasteiger partial charge in [0.2, 0.25) is 0 Å². The van der Waals surface area contributed by atoms with Gasteiger partial charge in [-0.3, -0.25) is 15.0 Å². The van der Waals surface area contributed by atoms with Crippen molar-refractivity contribution >= 4 is 82.5 Å². The first-order valence-electron chi connectivity index (χ1n) is 11.4. The van der Waals surface area contributed by atoms with Gasteiger partial charge >= 0.3 is 11.9 Å². The number of nitrogens with two attached hydrogens (primary N) is 1. The van der Waals surface area contributed by atoms with Gasteiger partial charge in [-0.2, -0.15) is 0 Å². The molecule has 12 heteroatoms. The fourth-order valence-electron chi connectivity index (χ4n) is 3.63. The number of methoxy groups -OCH3 is 2. The molecule has 0 radical (unpaired) electrons. The van der Waals surface area contributed by atoms with Crippen molar-refractivity contribution in [1.29, 1.82) is 0 Å². The van der Waals surface area contributed by atoms with Crippen molar-refractivity contribution in [3.63, 3.8) is 0 Å². The fraction of sp³-hybridized carbons (Fsp3) is 0.0741. The highest BCUT2D eigenvalue weighted by atomic mass is 32.1. The number of nitrogens with zero attached hydrogens (tertiary/aromatic N) is 3. The molecule has 39 heavy (non-hydrogen) atoms. The quantitative estimate of drug-likeness (QED) is 0.218. The van der Waals surface area contributed by atoms with Crippen LogP contribution in [0.1, 0.15) is 19.3 Å². The minimum Gasteiger partial charge on any atom is -0.465 e.